The number of ether oxygens (including phenoxy) is 1. The highest BCUT2D eigenvalue weighted by Gasteiger charge is 2.30. The first-order valence-electron chi connectivity index (χ1n) is 11.3. The first-order chi connectivity index (χ1) is 17.1. The average Bonchev–Trinajstić information content (AvgIpc) is 3.21. The SMILES string of the molecule is CCN(CC)C(=O)Oc1ccc2c(ccn2Cc2cccc(C(F)(F)F)c2)c1-c1cc(F)cc(F)c1. The third-order valence-corrected chi connectivity index (χ3v) is 5.89. The van der Waals surface area contributed by atoms with E-state index in [1.54, 1.807) is 42.8 Å². The summed E-state index contributed by atoms with van der Waals surface area (Å²) in [6.45, 7) is 4.54. The minimum Gasteiger partial charge on any atom is -0.410 e. The molecule has 3 aromatic carbocycles. The predicted molar refractivity (Wildman–Crippen MR) is 127 cm³/mol. The first-order valence-corrected chi connectivity index (χ1v) is 11.3. The average molecular weight is 502 g/mol. The van der Waals surface area contributed by atoms with E-state index < -0.39 is 29.5 Å². The molecule has 9 heteroatoms. The molecule has 0 radical (unpaired) electrons. The number of benzene rings is 3. The van der Waals surface area contributed by atoms with Gasteiger partial charge in [0.2, 0.25) is 0 Å². The zero-order valence-electron chi connectivity index (χ0n) is 19.6. The van der Waals surface area contributed by atoms with Crippen molar-refractivity contribution in [3.63, 3.8) is 0 Å². The lowest BCUT2D eigenvalue weighted by Crippen LogP contribution is -2.33. The lowest BCUT2D eigenvalue weighted by molar-refractivity contribution is -0.137. The lowest BCUT2D eigenvalue weighted by Gasteiger charge is -2.20. The Morgan fingerprint density at radius 2 is 1.64 bits per heavy atom. The minimum atomic E-state index is -4.47. The number of hydrogen-bond acceptors (Lipinski definition) is 2. The summed E-state index contributed by atoms with van der Waals surface area (Å²) in [5.41, 5.74) is 0.733. The van der Waals surface area contributed by atoms with Crippen molar-refractivity contribution in [3.8, 4) is 16.9 Å². The van der Waals surface area contributed by atoms with Crippen LogP contribution in [0.15, 0.2) is 66.9 Å². The molecule has 1 amide bonds. The maximum Gasteiger partial charge on any atom is 0.416 e. The molecule has 0 aliphatic heterocycles. The van der Waals surface area contributed by atoms with Gasteiger partial charge in [-0.2, -0.15) is 13.2 Å². The van der Waals surface area contributed by atoms with Gasteiger partial charge in [-0.05, 0) is 67.4 Å². The van der Waals surface area contributed by atoms with Crippen molar-refractivity contribution in [3.05, 3.63) is 89.6 Å². The number of nitrogens with zero attached hydrogens (tertiary/aromatic N) is 2. The van der Waals surface area contributed by atoms with Crippen LogP contribution in [0.2, 0.25) is 0 Å². The van der Waals surface area contributed by atoms with Gasteiger partial charge < -0.3 is 14.2 Å². The summed E-state index contributed by atoms with van der Waals surface area (Å²) in [4.78, 5) is 14.1. The molecule has 0 spiro atoms. The third kappa shape index (κ3) is 5.19. The summed E-state index contributed by atoms with van der Waals surface area (Å²) >= 11 is 0. The minimum absolute atomic E-state index is 0.112. The van der Waals surface area contributed by atoms with Crippen LogP contribution < -0.4 is 4.74 Å². The monoisotopic (exact) mass is 502 g/mol. The van der Waals surface area contributed by atoms with Crippen molar-refractivity contribution in [2.75, 3.05) is 13.1 Å². The Labute approximate surface area is 204 Å². The standard InChI is InChI=1S/C27H23F5N2O2/c1-3-33(4-2)26(35)36-24-9-8-23-22(25(24)18-13-20(28)15-21(29)14-18)10-11-34(23)16-17-6-5-7-19(12-17)27(30,31)32/h5-15H,3-4,16H2,1-2H3. The second kappa shape index (κ2) is 10.0. The maximum absolute atomic E-state index is 14.1. The highest BCUT2D eigenvalue weighted by Crippen LogP contribution is 2.39. The number of carbonyl (C=O) groups is 1. The Bertz CT molecular complexity index is 1390. The number of halogens is 5. The van der Waals surface area contributed by atoms with Crippen LogP contribution in [-0.2, 0) is 12.7 Å². The molecule has 0 saturated carbocycles. The number of carbonyl (C=O) groups excluding carboxylic acids is 1. The maximum atomic E-state index is 14.1. The van der Waals surface area contributed by atoms with Gasteiger partial charge in [0.1, 0.15) is 17.4 Å². The van der Waals surface area contributed by atoms with Crippen molar-refractivity contribution >= 4 is 17.0 Å². The summed E-state index contributed by atoms with van der Waals surface area (Å²) in [6.07, 6.45) is -3.41. The van der Waals surface area contributed by atoms with Crippen molar-refractivity contribution < 1.29 is 31.5 Å². The fourth-order valence-corrected chi connectivity index (χ4v) is 4.15. The quantitative estimate of drug-likeness (QED) is 0.256. The van der Waals surface area contributed by atoms with Gasteiger partial charge in [0.25, 0.3) is 0 Å². The van der Waals surface area contributed by atoms with Crippen LogP contribution in [0, 0.1) is 11.6 Å². The second-order valence-corrected chi connectivity index (χ2v) is 8.21. The molecule has 1 heterocycles. The van der Waals surface area contributed by atoms with Crippen LogP contribution in [0.1, 0.15) is 25.0 Å². The summed E-state index contributed by atoms with van der Waals surface area (Å²) in [5, 5.41) is 0.525. The van der Waals surface area contributed by atoms with E-state index in [9.17, 15) is 26.7 Å². The molecule has 1 aromatic heterocycles. The third-order valence-electron chi connectivity index (χ3n) is 5.89. The van der Waals surface area contributed by atoms with Gasteiger partial charge in [0, 0.05) is 48.4 Å². The van der Waals surface area contributed by atoms with E-state index in [1.807, 2.05) is 0 Å². The van der Waals surface area contributed by atoms with E-state index in [0.717, 1.165) is 30.3 Å². The molecule has 188 valence electrons. The molecule has 0 unspecified atom stereocenters. The van der Waals surface area contributed by atoms with Crippen LogP contribution >= 0.6 is 0 Å². The molecule has 4 nitrogen and oxygen atoms in total. The van der Waals surface area contributed by atoms with E-state index in [1.165, 1.54) is 17.0 Å². The van der Waals surface area contributed by atoms with Gasteiger partial charge in [-0.15, -0.1) is 0 Å². The topological polar surface area (TPSA) is 34.5 Å². The number of amides is 1. The molecule has 4 aromatic rings. The van der Waals surface area contributed by atoms with E-state index in [2.05, 4.69) is 0 Å². The lowest BCUT2D eigenvalue weighted by atomic mass is 10.00. The van der Waals surface area contributed by atoms with Gasteiger partial charge in [0.05, 0.1) is 5.56 Å². The molecular weight excluding hydrogens is 479 g/mol. The number of rotatable bonds is 6. The van der Waals surface area contributed by atoms with E-state index in [-0.39, 0.29) is 17.9 Å². The van der Waals surface area contributed by atoms with E-state index in [4.69, 9.17) is 4.74 Å². The largest absolute Gasteiger partial charge is 0.416 e. The molecule has 0 aliphatic rings. The molecule has 0 bridgehead atoms. The molecule has 4 rings (SSSR count). The van der Waals surface area contributed by atoms with Gasteiger partial charge in [-0.3, -0.25) is 0 Å². The van der Waals surface area contributed by atoms with Crippen molar-refractivity contribution in [2.45, 2.75) is 26.6 Å². The fourth-order valence-electron chi connectivity index (χ4n) is 4.15. The summed E-state index contributed by atoms with van der Waals surface area (Å²) in [5.74, 6) is -1.49. The van der Waals surface area contributed by atoms with Crippen LogP contribution in [-0.4, -0.2) is 28.6 Å². The fraction of sp³-hybridized carbons (Fsp3) is 0.222. The van der Waals surface area contributed by atoms with E-state index >= 15 is 0 Å². The molecule has 36 heavy (non-hydrogen) atoms. The number of alkyl halides is 3. The van der Waals surface area contributed by atoms with Crippen molar-refractivity contribution in [1.82, 2.24) is 9.47 Å². The van der Waals surface area contributed by atoms with Crippen LogP contribution in [0.4, 0.5) is 26.7 Å². The van der Waals surface area contributed by atoms with Gasteiger partial charge in [0.15, 0.2) is 0 Å². The highest BCUT2D eigenvalue weighted by molar-refractivity contribution is 5.99. The Balaban J connectivity index is 1.82. The zero-order chi connectivity index (χ0) is 26.0. The van der Waals surface area contributed by atoms with Gasteiger partial charge in [-0.25, -0.2) is 13.6 Å². The normalized spacial score (nSPS) is 11.6. The Kier molecular flexibility index (Phi) is 7.01. The summed E-state index contributed by atoms with van der Waals surface area (Å²) < 4.78 is 75.0. The Hall–Kier alpha value is -3.88. The van der Waals surface area contributed by atoms with Crippen molar-refractivity contribution in [1.29, 1.82) is 0 Å². The number of aromatic nitrogens is 1. The second-order valence-electron chi connectivity index (χ2n) is 8.21. The molecule has 0 fully saturated rings. The molecule has 0 N–H and O–H groups in total. The molecule has 0 atom stereocenters. The Morgan fingerprint density at radius 3 is 2.28 bits per heavy atom. The van der Waals surface area contributed by atoms with Crippen LogP contribution in [0.25, 0.3) is 22.0 Å². The molecule has 0 aliphatic carbocycles. The Morgan fingerprint density at radius 1 is 0.944 bits per heavy atom. The summed E-state index contributed by atoms with van der Waals surface area (Å²) in [6, 6.07) is 12.9. The summed E-state index contributed by atoms with van der Waals surface area (Å²) in [7, 11) is 0. The smallest absolute Gasteiger partial charge is 0.410 e. The molecule has 0 saturated heterocycles. The highest BCUT2D eigenvalue weighted by atomic mass is 19.4. The van der Waals surface area contributed by atoms with Crippen molar-refractivity contribution in [2.24, 2.45) is 0 Å². The number of fused-ring (bicyclic) bond motifs is 1. The van der Waals surface area contributed by atoms with Gasteiger partial charge >= 0.3 is 12.3 Å². The van der Waals surface area contributed by atoms with Crippen LogP contribution in [0.3, 0.4) is 0 Å². The van der Waals surface area contributed by atoms with Crippen LogP contribution in [0.5, 0.6) is 5.75 Å². The molecular formula is C27H23F5N2O2. The first kappa shape index (κ1) is 25.2. The zero-order valence-corrected chi connectivity index (χ0v) is 19.6. The van der Waals surface area contributed by atoms with Gasteiger partial charge in [-0.1, -0.05) is 12.1 Å². The predicted octanol–water partition coefficient (Wildman–Crippen LogP) is 7.49. The van der Waals surface area contributed by atoms with E-state index in [0.29, 0.717) is 35.1 Å². The number of hydrogen-bond donors (Lipinski definition) is 0.